The number of halogens is 1. The van der Waals surface area contributed by atoms with Gasteiger partial charge in [-0.15, -0.1) is 12.4 Å². The van der Waals surface area contributed by atoms with E-state index in [1.807, 2.05) is 55.3 Å². The zero-order valence-electron chi connectivity index (χ0n) is 21.0. The van der Waals surface area contributed by atoms with E-state index in [4.69, 9.17) is 25.0 Å². The second kappa shape index (κ2) is 13.0. The number of thioether (sulfide) groups is 1. The van der Waals surface area contributed by atoms with Crippen molar-refractivity contribution in [3.8, 4) is 16.9 Å². The van der Waals surface area contributed by atoms with E-state index in [0.29, 0.717) is 5.75 Å². The second-order valence-corrected chi connectivity index (χ2v) is 8.94. The molecule has 35 heavy (non-hydrogen) atoms. The van der Waals surface area contributed by atoms with Crippen LogP contribution >= 0.6 is 24.2 Å². The van der Waals surface area contributed by atoms with Crippen LogP contribution in [0.15, 0.2) is 42.5 Å². The Kier molecular flexibility index (Phi) is 10.6. The molecule has 0 fully saturated rings. The van der Waals surface area contributed by atoms with Crippen LogP contribution < -0.4 is 10.5 Å². The molecule has 0 aliphatic heterocycles. The molecular formula is C26H34ClN3O4S. The first kappa shape index (κ1) is 28.7. The lowest BCUT2D eigenvalue weighted by atomic mass is 9.97. The molecule has 3 aromatic rings. The third kappa shape index (κ3) is 6.19. The molecule has 9 heteroatoms. The Morgan fingerprint density at radius 1 is 1.23 bits per heavy atom. The number of esters is 1. The van der Waals surface area contributed by atoms with Gasteiger partial charge < -0.3 is 19.9 Å². The summed E-state index contributed by atoms with van der Waals surface area (Å²) in [5.41, 5.74) is 12.0. The highest BCUT2D eigenvalue weighted by molar-refractivity contribution is 7.98. The predicted octanol–water partition coefficient (Wildman–Crippen LogP) is 4.63. The molecular weight excluding hydrogens is 486 g/mol. The second-order valence-electron chi connectivity index (χ2n) is 8.03. The Bertz CT molecular complexity index is 1190. The summed E-state index contributed by atoms with van der Waals surface area (Å²) in [5, 5.41) is 5.81. The number of nitrogens with zero attached hydrogens (tertiary/aromatic N) is 2. The molecule has 1 heterocycles. The number of nitrogens with two attached hydrogens (primary N) is 1. The number of rotatable bonds is 10. The van der Waals surface area contributed by atoms with Gasteiger partial charge in [0.1, 0.15) is 23.9 Å². The lowest BCUT2D eigenvalue weighted by molar-refractivity contribution is -0.146. The molecule has 1 unspecified atom stereocenters. The molecule has 0 aliphatic carbocycles. The van der Waals surface area contributed by atoms with Crippen molar-refractivity contribution in [3.05, 3.63) is 53.7 Å². The molecule has 0 radical (unpaired) electrons. The number of aryl methyl sites for hydroxylation is 2. The maximum Gasteiger partial charge on any atom is 0.325 e. The van der Waals surface area contributed by atoms with Gasteiger partial charge in [-0.05, 0) is 43.4 Å². The molecule has 190 valence electrons. The standard InChI is InChI=1S/C26H33N3O4S.ClH/c1-7-17(14-33-26(30)23(27)22(32-5)15-34-6)25-21-10-8-9-20(24(21)28-29(25)3)19-12-11-18(31-4)13-16(19)2;/h7-13,22-23H,14-15,27H2,1-6H3;1H/t22?,23-;/m0./s1. The van der Waals surface area contributed by atoms with E-state index in [1.165, 1.54) is 0 Å². The van der Waals surface area contributed by atoms with Crippen molar-refractivity contribution in [2.24, 2.45) is 12.8 Å². The third-order valence-corrected chi connectivity index (χ3v) is 6.58. The van der Waals surface area contributed by atoms with E-state index < -0.39 is 18.1 Å². The molecule has 3 rings (SSSR count). The monoisotopic (exact) mass is 519 g/mol. The number of ether oxygens (including phenoxy) is 3. The highest BCUT2D eigenvalue weighted by Gasteiger charge is 2.26. The van der Waals surface area contributed by atoms with E-state index >= 15 is 0 Å². The van der Waals surface area contributed by atoms with Gasteiger partial charge in [0.05, 0.1) is 18.9 Å². The molecule has 2 aromatic carbocycles. The Balaban J connectivity index is 0.00000432. The summed E-state index contributed by atoms with van der Waals surface area (Å²) in [5.74, 6) is 0.948. The maximum atomic E-state index is 12.6. The van der Waals surface area contributed by atoms with Crippen LogP contribution in [0.4, 0.5) is 0 Å². The molecule has 7 nitrogen and oxygen atoms in total. The summed E-state index contributed by atoms with van der Waals surface area (Å²) in [4.78, 5) is 12.6. The van der Waals surface area contributed by atoms with E-state index in [-0.39, 0.29) is 19.0 Å². The quantitative estimate of drug-likeness (QED) is 0.390. The van der Waals surface area contributed by atoms with Gasteiger partial charge in [0.25, 0.3) is 0 Å². The molecule has 2 N–H and O–H groups in total. The molecule has 0 bridgehead atoms. The number of methoxy groups -OCH3 is 2. The van der Waals surface area contributed by atoms with Gasteiger partial charge in [0.15, 0.2) is 0 Å². The number of hydrogen-bond donors (Lipinski definition) is 1. The number of aromatic nitrogens is 2. The molecule has 0 saturated carbocycles. The van der Waals surface area contributed by atoms with Crippen LogP contribution in [0.3, 0.4) is 0 Å². The number of carbonyl (C=O) groups is 1. The van der Waals surface area contributed by atoms with Gasteiger partial charge in [-0.2, -0.15) is 16.9 Å². The van der Waals surface area contributed by atoms with E-state index in [0.717, 1.165) is 44.6 Å². The predicted molar refractivity (Wildman–Crippen MR) is 146 cm³/mol. The zero-order valence-corrected chi connectivity index (χ0v) is 22.7. The summed E-state index contributed by atoms with van der Waals surface area (Å²) >= 11 is 1.57. The van der Waals surface area contributed by atoms with Crippen LogP contribution in [-0.4, -0.2) is 60.7 Å². The topological polar surface area (TPSA) is 88.6 Å². The van der Waals surface area contributed by atoms with Crippen LogP contribution in [0.25, 0.3) is 27.6 Å². The summed E-state index contributed by atoms with van der Waals surface area (Å²) in [6.45, 7) is 4.08. The van der Waals surface area contributed by atoms with E-state index in [1.54, 1.807) is 26.0 Å². The Labute approximate surface area is 217 Å². The van der Waals surface area contributed by atoms with Gasteiger partial charge in [-0.3, -0.25) is 9.48 Å². The normalized spacial score (nSPS) is 13.3. The molecule has 0 saturated heterocycles. The average molecular weight is 520 g/mol. The van der Waals surface area contributed by atoms with E-state index in [2.05, 4.69) is 19.1 Å². The van der Waals surface area contributed by atoms with Crippen molar-refractivity contribution in [2.75, 3.05) is 32.8 Å². The number of benzene rings is 2. The van der Waals surface area contributed by atoms with Crippen molar-refractivity contribution in [3.63, 3.8) is 0 Å². The first-order chi connectivity index (χ1) is 16.4. The summed E-state index contributed by atoms with van der Waals surface area (Å²) in [7, 11) is 5.11. The third-order valence-electron chi connectivity index (χ3n) is 5.92. The number of fused-ring (bicyclic) bond motifs is 1. The zero-order chi connectivity index (χ0) is 24.8. The minimum atomic E-state index is -0.844. The van der Waals surface area contributed by atoms with Crippen LogP contribution in [-0.2, 0) is 21.3 Å². The number of carbonyl (C=O) groups excluding carboxylic acids is 1. The molecule has 0 amide bonds. The minimum Gasteiger partial charge on any atom is -0.497 e. The molecule has 1 aromatic heterocycles. The highest BCUT2D eigenvalue weighted by atomic mass is 35.5. The van der Waals surface area contributed by atoms with E-state index in [9.17, 15) is 4.79 Å². The average Bonchev–Trinajstić information content (AvgIpc) is 3.18. The summed E-state index contributed by atoms with van der Waals surface area (Å²) in [6, 6.07) is 11.3. The van der Waals surface area contributed by atoms with Crippen LogP contribution in [0.5, 0.6) is 5.75 Å². The van der Waals surface area contributed by atoms with Crippen LogP contribution in [0.1, 0.15) is 18.2 Å². The fourth-order valence-electron chi connectivity index (χ4n) is 4.05. The fraction of sp³-hybridized carbons (Fsp3) is 0.385. The first-order valence-corrected chi connectivity index (χ1v) is 12.5. The number of hydrogen-bond acceptors (Lipinski definition) is 7. The van der Waals surface area contributed by atoms with Gasteiger partial charge >= 0.3 is 5.97 Å². The largest absolute Gasteiger partial charge is 0.497 e. The Hall–Kier alpha value is -2.52. The van der Waals surface area contributed by atoms with Crippen LogP contribution in [0, 0.1) is 6.92 Å². The van der Waals surface area contributed by atoms with Crippen LogP contribution in [0.2, 0.25) is 0 Å². The molecule has 0 spiro atoms. The van der Waals surface area contributed by atoms with Crippen molar-refractivity contribution in [1.82, 2.24) is 9.78 Å². The summed E-state index contributed by atoms with van der Waals surface area (Å²) < 4.78 is 18.1. The van der Waals surface area contributed by atoms with Gasteiger partial charge in [0.2, 0.25) is 0 Å². The molecule has 0 aliphatic rings. The Morgan fingerprint density at radius 3 is 2.57 bits per heavy atom. The van der Waals surface area contributed by atoms with Gasteiger partial charge in [0, 0.05) is 36.4 Å². The Morgan fingerprint density at radius 2 is 1.97 bits per heavy atom. The van der Waals surface area contributed by atoms with Crippen molar-refractivity contribution < 1.29 is 19.0 Å². The lowest BCUT2D eigenvalue weighted by Crippen LogP contribution is -2.45. The summed E-state index contributed by atoms with van der Waals surface area (Å²) in [6.07, 6.45) is 3.48. The smallest absolute Gasteiger partial charge is 0.325 e. The van der Waals surface area contributed by atoms with Gasteiger partial charge in [-0.25, -0.2) is 0 Å². The van der Waals surface area contributed by atoms with Crippen molar-refractivity contribution in [2.45, 2.75) is 26.0 Å². The number of allylic oxidation sites excluding steroid dienone is 1. The fourth-order valence-corrected chi connectivity index (χ4v) is 4.72. The van der Waals surface area contributed by atoms with Gasteiger partial charge in [-0.1, -0.05) is 30.3 Å². The van der Waals surface area contributed by atoms with Crippen molar-refractivity contribution >= 4 is 46.6 Å². The SMILES string of the molecule is CC=C(COC(=O)[C@@H](N)C(CSC)OC)c1c2cccc(-c3ccc(OC)cc3C)c2nn1C.Cl. The van der Waals surface area contributed by atoms with Crippen molar-refractivity contribution in [1.29, 1.82) is 0 Å². The first-order valence-electron chi connectivity index (χ1n) is 11.1. The molecule has 2 atom stereocenters. The minimum absolute atomic E-state index is 0. The maximum absolute atomic E-state index is 12.6. The highest BCUT2D eigenvalue weighted by Crippen LogP contribution is 2.35. The lowest BCUT2D eigenvalue weighted by Gasteiger charge is -2.20.